The molecule has 6 nitrogen and oxygen atoms in total. The Morgan fingerprint density at radius 1 is 1.23 bits per heavy atom. The number of urea groups is 1. The molecule has 0 fully saturated rings. The summed E-state index contributed by atoms with van der Waals surface area (Å²) in [4.78, 5) is 32.4. The first-order valence-corrected chi connectivity index (χ1v) is 11.1. The number of nitrogens with one attached hydrogen (secondary N) is 1. The summed E-state index contributed by atoms with van der Waals surface area (Å²) in [7, 11) is 1.84. The fourth-order valence-corrected chi connectivity index (χ4v) is 3.35. The summed E-state index contributed by atoms with van der Waals surface area (Å²) in [5.41, 5.74) is 0.869. The Labute approximate surface area is 182 Å². The monoisotopic (exact) mass is 416 g/mol. The summed E-state index contributed by atoms with van der Waals surface area (Å²) < 4.78 is 0. The van der Waals surface area contributed by atoms with Gasteiger partial charge >= 0.3 is 6.03 Å². The van der Waals surface area contributed by atoms with Gasteiger partial charge in [0, 0.05) is 33.2 Å². The van der Waals surface area contributed by atoms with E-state index in [2.05, 4.69) is 42.9 Å². The first-order valence-electron chi connectivity index (χ1n) is 11.1. The Morgan fingerprint density at radius 3 is 2.50 bits per heavy atom. The molecular weight excluding hydrogens is 376 g/mol. The van der Waals surface area contributed by atoms with Crippen molar-refractivity contribution >= 4 is 17.6 Å². The van der Waals surface area contributed by atoms with E-state index < -0.39 is 0 Å². The number of aliphatic imine (C=N–C) groups is 1. The molecule has 30 heavy (non-hydrogen) atoms. The van der Waals surface area contributed by atoms with Crippen LogP contribution in [0.5, 0.6) is 0 Å². The van der Waals surface area contributed by atoms with Gasteiger partial charge in [-0.2, -0.15) is 0 Å². The van der Waals surface area contributed by atoms with Gasteiger partial charge in [-0.25, -0.2) is 4.79 Å². The molecule has 0 aromatic rings. The summed E-state index contributed by atoms with van der Waals surface area (Å²) in [6, 6.07) is -0.0396. The minimum atomic E-state index is -0.0396. The van der Waals surface area contributed by atoms with Crippen molar-refractivity contribution in [3.8, 4) is 0 Å². The number of nitrogens with zero attached hydrogens (tertiary/aromatic N) is 3. The third kappa shape index (κ3) is 10.4. The van der Waals surface area contributed by atoms with Crippen LogP contribution in [-0.2, 0) is 4.79 Å². The molecule has 3 amide bonds. The largest absolute Gasteiger partial charge is 0.344 e. The van der Waals surface area contributed by atoms with Gasteiger partial charge in [0.25, 0.3) is 0 Å². The molecule has 0 heterocycles. The van der Waals surface area contributed by atoms with Crippen LogP contribution in [0.4, 0.5) is 4.79 Å². The van der Waals surface area contributed by atoms with E-state index in [-0.39, 0.29) is 18.5 Å². The first kappa shape index (κ1) is 25.7. The lowest BCUT2D eigenvalue weighted by molar-refractivity contribution is -0.128. The van der Waals surface area contributed by atoms with Crippen LogP contribution < -0.4 is 5.32 Å². The molecule has 1 rings (SSSR count). The van der Waals surface area contributed by atoms with E-state index in [9.17, 15) is 9.59 Å². The maximum absolute atomic E-state index is 12.3. The van der Waals surface area contributed by atoms with Gasteiger partial charge in [0.05, 0.1) is 5.71 Å². The number of carbonyl (C=O) groups is 2. The molecule has 1 aliphatic carbocycles. The molecule has 6 heteroatoms. The van der Waals surface area contributed by atoms with Crippen LogP contribution in [0.1, 0.15) is 46.5 Å². The molecule has 0 saturated heterocycles. The van der Waals surface area contributed by atoms with E-state index in [4.69, 9.17) is 0 Å². The van der Waals surface area contributed by atoms with Gasteiger partial charge in [0.2, 0.25) is 5.91 Å². The van der Waals surface area contributed by atoms with Crippen LogP contribution in [0.2, 0.25) is 0 Å². The average molecular weight is 417 g/mol. The van der Waals surface area contributed by atoms with Crippen LogP contribution in [0.25, 0.3) is 0 Å². The molecule has 168 valence electrons. The number of likely N-dealkylation sites (N-methyl/N-ethyl adjacent to an activating group) is 2. The highest BCUT2D eigenvalue weighted by Gasteiger charge is 2.15. The number of amides is 3. The Kier molecular flexibility index (Phi) is 12.5. The minimum absolute atomic E-state index is 0.0396. The molecule has 0 aromatic heterocycles. The molecule has 0 aromatic carbocycles. The van der Waals surface area contributed by atoms with Gasteiger partial charge in [-0.15, -0.1) is 6.58 Å². The second-order valence-electron chi connectivity index (χ2n) is 8.19. The second kappa shape index (κ2) is 14.6. The summed E-state index contributed by atoms with van der Waals surface area (Å²) in [5, 5.41) is 3.01. The predicted octanol–water partition coefficient (Wildman–Crippen LogP) is 4.06. The smallest absolute Gasteiger partial charge is 0.317 e. The Hall–Kier alpha value is -2.37. The number of carbonyl (C=O) groups excluding carboxylic acids is 2. The van der Waals surface area contributed by atoms with E-state index >= 15 is 0 Å². The van der Waals surface area contributed by atoms with Gasteiger partial charge in [-0.3, -0.25) is 9.79 Å². The zero-order valence-electron chi connectivity index (χ0n) is 19.3. The molecule has 0 radical (unpaired) electrons. The van der Waals surface area contributed by atoms with Crippen LogP contribution in [-0.4, -0.2) is 67.2 Å². The second-order valence-corrected chi connectivity index (χ2v) is 8.19. The first-order chi connectivity index (χ1) is 14.4. The molecule has 0 bridgehead atoms. The van der Waals surface area contributed by atoms with Crippen molar-refractivity contribution in [2.24, 2.45) is 16.8 Å². The van der Waals surface area contributed by atoms with Crippen molar-refractivity contribution in [3.63, 3.8) is 0 Å². The zero-order chi connectivity index (χ0) is 22.4. The van der Waals surface area contributed by atoms with Gasteiger partial charge in [-0.1, -0.05) is 32.1 Å². The third-order valence-electron chi connectivity index (χ3n) is 5.28. The van der Waals surface area contributed by atoms with Gasteiger partial charge in [-0.05, 0) is 56.6 Å². The Morgan fingerprint density at radius 2 is 1.90 bits per heavy atom. The van der Waals surface area contributed by atoms with E-state index in [1.807, 2.05) is 26.1 Å². The van der Waals surface area contributed by atoms with Crippen molar-refractivity contribution in [3.05, 3.63) is 37.0 Å². The van der Waals surface area contributed by atoms with Crippen LogP contribution in [0.3, 0.4) is 0 Å². The molecule has 0 spiro atoms. The molecular formula is C24H40N4O2. The van der Waals surface area contributed by atoms with Crippen molar-refractivity contribution in [1.82, 2.24) is 15.1 Å². The van der Waals surface area contributed by atoms with Gasteiger partial charge in [0.1, 0.15) is 6.54 Å². The van der Waals surface area contributed by atoms with Crippen molar-refractivity contribution in [2.75, 3.05) is 39.8 Å². The summed E-state index contributed by atoms with van der Waals surface area (Å²) in [6.45, 7) is 12.8. The Balaban J connectivity index is 2.30. The molecule has 0 aliphatic heterocycles. The molecule has 1 aliphatic rings. The van der Waals surface area contributed by atoms with Crippen LogP contribution in [0.15, 0.2) is 42.0 Å². The normalized spacial score (nSPS) is 15.1. The molecule has 2 unspecified atom stereocenters. The summed E-state index contributed by atoms with van der Waals surface area (Å²) in [6.07, 6.45) is 13.9. The highest BCUT2D eigenvalue weighted by molar-refractivity contribution is 6.05. The fourth-order valence-electron chi connectivity index (χ4n) is 3.35. The average Bonchev–Trinajstić information content (AvgIpc) is 3.01. The van der Waals surface area contributed by atoms with Crippen molar-refractivity contribution < 1.29 is 9.59 Å². The lowest BCUT2D eigenvalue weighted by atomic mass is 9.94. The minimum Gasteiger partial charge on any atom is -0.344 e. The number of allylic oxidation sites excluding steroid dienone is 4. The highest BCUT2D eigenvalue weighted by Crippen LogP contribution is 2.15. The molecule has 1 N–H and O–H groups in total. The summed E-state index contributed by atoms with van der Waals surface area (Å²) in [5.74, 6) is 0.900. The number of hydrogen-bond acceptors (Lipinski definition) is 3. The molecule has 0 saturated carbocycles. The van der Waals surface area contributed by atoms with E-state index in [1.165, 1.54) is 0 Å². The quantitative estimate of drug-likeness (QED) is 0.488. The fraction of sp³-hybridized carbons (Fsp3) is 0.625. The van der Waals surface area contributed by atoms with E-state index in [1.54, 1.807) is 15.9 Å². The number of hydrogen-bond donors (Lipinski definition) is 1. The van der Waals surface area contributed by atoms with E-state index in [0.29, 0.717) is 31.5 Å². The van der Waals surface area contributed by atoms with Gasteiger partial charge < -0.3 is 15.1 Å². The van der Waals surface area contributed by atoms with Crippen LogP contribution >= 0.6 is 0 Å². The standard InChI is InChI=1S/C24H40N4O2/c1-6-15-28(7-2)24(30)26-18-21(4)17-20(3)14-16-27(5)23(29)19-25-22-12-10-8-9-11-13-22/h6,10-13,20-21H,1,7-9,14-19H2,2-5H3,(H,26,30). The lowest BCUT2D eigenvalue weighted by Crippen LogP contribution is -2.41. The van der Waals surface area contributed by atoms with E-state index in [0.717, 1.165) is 37.9 Å². The maximum atomic E-state index is 12.3. The van der Waals surface area contributed by atoms with Crippen molar-refractivity contribution in [2.45, 2.75) is 46.5 Å². The van der Waals surface area contributed by atoms with Crippen molar-refractivity contribution in [1.29, 1.82) is 0 Å². The topological polar surface area (TPSA) is 65.0 Å². The third-order valence-corrected chi connectivity index (χ3v) is 5.28. The molecule has 2 atom stereocenters. The maximum Gasteiger partial charge on any atom is 0.317 e. The summed E-state index contributed by atoms with van der Waals surface area (Å²) >= 11 is 0. The van der Waals surface area contributed by atoms with Gasteiger partial charge in [0.15, 0.2) is 0 Å². The van der Waals surface area contributed by atoms with Crippen LogP contribution in [0, 0.1) is 11.8 Å². The predicted molar refractivity (Wildman–Crippen MR) is 126 cm³/mol. The Bertz CT molecular complexity index is 623. The number of rotatable bonds is 12. The zero-order valence-corrected chi connectivity index (χ0v) is 19.3. The lowest BCUT2D eigenvalue weighted by Gasteiger charge is -2.23. The SMILES string of the molecule is C=CCN(CC)C(=O)NCC(C)CC(C)CCN(C)C(=O)CN=C1C=CCCC=C1. The highest BCUT2D eigenvalue weighted by atomic mass is 16.2.